The van der Waals surface area contributed by atoms with E-state index in [9.17, 15) is 18.3 Å². The zero-order valence-electron chi connectivity index (χ0n) is 8.39. The highest BCUT2D eigenvalue weighted by atomic mass is 19.4. The first-order chi connectivity index (χ1) is 6.64. The second-order valence-corrected chi connectivity index (χ2v) is 3.82. The number of para-hydroxylation sites is 1. The normalized spacial score (nSPS) is 12.9. The van der Waals surface area contributed by atoms with Gasteiger partial charge in [0.05, 0.1) is 11.2 Å². The first kappa shape index (κ1) is 11.8. The summed E-state index contributed by atoms with van der Waals surface area (Å²) in [7, 11) is 0. The van der Waals surface area contributed by atoms with Crippen LogP contribution in [0.4, 0.5) is 18.9 Å². The van der Waals surface area contributed by atoms with Gasteiger partial charge in [-0.15, -0.1) is 0 Å². The number of rotatable bonds is 1. The minimum atomic E-state index is -4.49. The van der Waals surface area contributed by atoms with E-state index in [1.54, 1.807) is 0 Å². The molecule has 0 radical (unpaired) electrons. The molecule has 0 saturated heterocycles. The lowest BCUT2D eigenvalue weighted by molar-refractivity contribution is -0.137. The van der Waals surface area contributed by atoms with Crippen molar-refractivity contribution in [2.45, 2.75) is 25.6 Å². The van der Waals surface area contributed by atoms with Crippen molar-refractivity contribution in [2.24, 2.45) is 0 Å². The van der Waals surface area contributed by atoms with Gasteiger partial charge >= 0.3 is 6.18 Å². The summed E-state index contributed by atoms with van der Waals surface area (Å²) in [4.78, 5) is 0. The summed E-state index contributed by atoms with van der Waals surface area (Å²) in [5, 5.41) is 9.61. The molecule has 0 aliphatic rings. The topological polar surface area (TPSA) is 46.2 Å². The fraction of sp³-hybridized carbons (Fsp3) is 0.400. The molecular weight excluding hydrogens is 207 g/mol. The fourth-order valence-electron chi connectivity index (χ4n) is 1.35. The molecule has 1 aromatic rings. The van der Waals surface area contributed by atoms with Crippen molar-refractivity contribution in [3.8, 4) is 0 Å². The number of nitrogen functional groups attached to an aromatic ring is 1. The average Bonchev–Trinajstić information content (AvgIpc) is 1.99. The molecule has 0 amide bonds. The molecule has 5 heteroatoms. The molecule has 0 aromatic heterocycles. The van der Waals surface area contributed by atoms with E-state index < -0.39 is 23.0 Å². The maximum Gasteiger partial charge on any atom is 0.418 e. The Labute approximate surface area is 85.5 Å². The van der Waals surface area contributed by atoms with Crippen LogP contribution in [-0.2, 0) is 11.8 Å². The van der Waals surface area contributed by atoms with Crippen LogP contribution in [0.3, 0.4) is 0 Å². The summed E-state index contributed by atoms with van der Waals surface area (Å²) >= 11 is 0. The summed E-state index contributed by atoms with van der Waals surface area (Å²) in [6.45, 7) is 2.78. The minimum absolute atomic E-state index is 0.0809. The molecule has 0 spiro atoms. The van der Waals surface area contributed by atoms with Crippen molar-refractivity contribution < 1.29 is 18.3 Å². The van der Waals surface area contributed by atoms with Crippen LogP contribution in [0.2, 0.25) is 0 Å². The van der Waals surface area contributed by atoms with Crippen LogP contribution >= 0.6 is 0 Å². The van der Waals surface area contributed by atoms with E-state index >= 15 is 0 Å². The van der Waals surface area contributed by atoms with Crippen molar-refractivity contribution in [3.05, 3.63) is 29.3 Å². The molecule has 0 saturated carbocycles. The van der Waals surface area contributed by atoms with Crippen LogP contribution in [0.1, 0.15) is 25.0 Å². The van der Waals surface area contributed by atoms with Gasteiger partial charge in [-0.25, -0.2) is 0 Å². The van der Waals surface area contributed by atoms with E-state index in [4.69, 9.17) is 5.73 Å². The fourth-order valence-corrected chi connectivity index (χ4v) is 1.35. The standard InChI is InChI=1S/C10H12F3NO/c1-9(2,15)6-4-3-5-7(8(6)14)10(11,12)13/h3-5,15H,14H2,1-2H3. The van der Waals surface area contributed by atoms with E-state index in [0.717, 1.165) is 6.07 Å². The molecule has 0 unspecified atom stereocenters. The Morgan fingerprint density at radius 1 is 1.13 bits per heavy atom. The van der Waals surface area contributed by atoms with Gasteiger partial charge in [0.2, 0.25) is 0 Å². The van der Waals surface area contributed by atoms with Gasteiger partial charge in [0.1, 0.15) is 0 Å². The van der Waals surface area contributed by atoms with Crippen molar-refractivity contribution in [2.75, 3.05) is 5.73 Å². The van der Waals surface area contributed by atoms with Gasteiger partial charge in [-0.1, -0.05) is 12.1 Å². The summed E-state index contributed by atoms with van der Waals surface area (Å²) in [6.07, 6.45) is -4.49. The molecule has 3 N–H and O–H groups in total. The second kappa shape index (κ2) is 3.41. The molecular formula is C10H12F3NO. The van der Waals surface area contributed by atoms with E-state index in [1.807, 2.05) is 0 Å². The largest absolute Gasteiger partial charge is 0.418 e. The summed E-state index contributed by atoms with van der Waals surface area (Å²) < 4.78 is 37.4. The van der Waals surface area contributed by atoms with E-state index in [-0.39, 0.29) is 5.56 Å². The van der Waals surface area contributed by atoms with Crippen LogP contribution < -0.4 is 5.73 Å². The molecule has 15 heavy (non-hydrogen) atoms. The predicted molar refractivity (Wildman–Crippen MR) is 51.1 cm³/mol. The lowest BCUT2D eigenvalue weighted by atomic mass is 9.94. The monoisotopic (exact) mass is 219 g/mol. The lowest BCUT2D eigenvalue weighted by Gasteiger charge is -2.22. The number of hydrogen-bond acceptors (Lipinski definition) is 2. The zero-order valence-corrected chi connectivity index (χ0v) is 8.39. The van der Waals surface area contributed by atoms with E-state index in [0.29, 0.717) is 0 Å². The Kier molecular flexibility index (Phi) is 2.69. The molecule has 1 rings (SSSR count). The quantitative estimate of drug-likeness (QED) is 0.713. The highest BCUT2D eigenvalue weighted by Gasteiger charge is 2.35. The van der Waals surface area contributed by atoms with Crippen molar-refractivity contribution >= 4 is 5.69 Å². The van der Waals surface area contributed by atoms with E-state index in [2.05, 4.69) is 0 Å². The van der Waals surface area contributed by atoms with Gasteiger partial charge < -0.3 is 10.8 Å². The van der Waals surface area contributed by atoms with Gasteiger partial charge in [0.15, 0.2) is 0 Å². The van der Waals surface area contributed by atoms with Crippen molar-refractivity contribution in [3.63, 3.8) is 0 Å². The summed E-state index contributed by atoms with van der Waals surface area (Å²) in [5.41, 5.74) is 2.74. The molecule has 0 atom stereocenters. The number of alkyl halides is 3. The molecule has 2 nitrogen and oxygen atoms in total. The van der Waals surface area contributed by atoms with Crippen LogP contribution in [-0.4, -0.2) is 5.11 Å². The maximum absolute atomic E-state index is 12.5. The molecule has 0 aliphatic carbocycles. The van der Waals surface area contributed by atoms with Gasteiger partial charge in [-0.2, -0.15) is 13.2 Å². The molecule has 0 heterocycles. The van der Waals surface area contributed by atoms with E-state index in [1.165, 1.54) is 26.0 Å². The van der Waals surface area contributed by atoms with Crippen molar-refractivity contribution in [1.82, 2.24) is 0 Å². The number of aliphatic hydroxyl groups is 1. The maximum atomic E-state index is 12.5. The molecule has 0 bridgehead atoms. The Bertz CT molecular complexity index is 334. The van der Waals surface area contributed by atoms with Crippen LogP contribution in [0.25, 0.3) is 0 Å². The zero-order chi connectivity index (χ0) is 11.9. The van der Waals surface area contributed by atoms with Crippen LogP contribution in [0.5, 0.6) is 0 Å². The lowest BCUT2D eigenvalue weighted by Crippen LogP contribution is -2.20. The second-order valence-electron chi connectivity index (χ2n) is 3.82. The van der Waals surface area contributed by atoms with Gasteiger partial charge in [0, 0.05) is 11.3 Å². The number of anilines is 1. The third-order valence-corrected chi connectivity index (χ3v) is 2.07. The van der Waals surface area contributed by atoms with Crippen molar-refractivity contribution in [1.29, 1.82) is 0 Å². The Balaban J connectivity index is 3.37. The van der Waals surface area contributed by atoms with Gasteiger partial charge in [-0.3, -0.25) is 0 Å². The molecule has 0 aliphatic heterocycles. The summed E-state index contributed by atoms with van der Waals surface area (Å²) in [5.74, 6) is 0. The molecule has 1 aromatic carbocycles. The Morgan fingerprint density at radius 2 is 1.60 bits per heavy atom. The Hall–Kier alpha value is -1.23. The average molecular weight is 219 g/mol. The number of nitrogens with two attached hydrogens (primary N) is 1. The highest BCUT2D eigenvalue weighted by molar-refractivity contribution is 5.57. The molecule has 0 fully saturated rings. The number of benzene rings is 1. The molecule has 84 valence electrons. The van der Waals surface area contributed by atoms with Gasteiger partial charge in [-0.05, 0) is 19.9 Å². The Morgan fingerprint density at radius 3 is 2.00 bits per heavy atom. The van der Waals surface area contributed by atoms with Crippen LogP contribution in [0, 0.1) is 0 Å². The summed E-state index contributed by atoms with van der Waals surface area (Å²) in [6, 6.07) is 3.50. The third-order valence-electron chi connectivity index (χ3n) is 2.07. The first-order valence-corrected chi connectivity index (χ1v) is 4.32. The SMILES string of the molecule is CC(C)(O)c1cccc(C(F)(F)F)c1N. The smallest absolute Gasteiger partial charge is 0.398 e. The highest BCUT2D eigenvalue weighted by Crippen LogP contribution is 2.37. The number of hydrogen-bond donors (Lipinski definition) is 2. The number of halogens is 3. The first-order valence-electron chi connectivity index (χ1n) is 4.32. The predicted octanol–water partition coefficient (Wildman–Crippen LogP) is 2.51. The minimum Gasteiger partial charge on any atom is -0.398 e. The van der Waals surface area contributed by atoms with Gasteiger partial charge in [0.25, 0.3) is 0 Å². The van der Waals surface area contributed by atoms with Crippen LogP contribution in [0.15, 0.2) is 18.2 Å². The third kappa shape index (κ3) is 2.41.